The molecule has 1 saturated heterocycles. The number of carbonyl (C=O) groups excluding carboxylic acids is 1. The lowest BCUT2D eigenvalue weighted by molar-refractivity contribution is -0.122. The summed E-state index contributed by atoms with van der Waals surface area (Å²) in [7, 11) is 0. The van der Waals surface area contributed by atoms with E-state index in [9.17, 15) is 4.79 Å². The smallest absolute Gasteiger partial charge is 0.220 e. The van der Waals surface area contributed by atoms with Gasteiger partial charge in [0.05, 0.1) is 6.10 Å². The number of ether oxygens (including phenoxy) is 1. The molecule has 3 atom stereocenters. The number of hydrogen-bond acceptors (Lipinski definition) is 3. The molecule has 1 rings (SSSR count). The van der Waals surface area contributed by atoms with E-state index in [2.05, 4.69) is 5.32 Å². The molecular weight excluding hydrogens is 204 g/mol. The molecule has 0 aromatic rings. The molecular formula is C12H24N2O2. The van der Waals surface area contributed by atoms with E-state index in [0.29, 0.717) is 25.0 Å². The van der Waals surface area contributed by atoms with Gasteiger partial charge in [-0.25, -0.2) is 0 Å². The lowest BCUT2D eigenvalue weighted by Crippen LogP contribution is -2.39. The fraction of sp³-hybridized carbons (Fsp3) is 0.917. The maximum atomic E-state index is 11.6. The van der Waals surface area contributed by atoms with Crippen LogP contribution in [0.25, 0.3) is 0 Å². The van der Waals surface area contributed by atoms with Crippen LogP contribution >= 0.6 is 0 Å². The highest BCUT2D eigenvalue weighted by Gasteiger charge is 2.18. The van der Waals surface area contributed by atoms with E-state index in [1.807, 2.05) is 13.8 Å². The van der Waals surface area contributed by atoms with Crippen molar-refractivity contribution >= 4 is 5.91 Å². The van der Waals surface area contributed by atoms with E-state index in [1.54, 1.807) is 0 Å². The van der Waals surface area contributed by atoms with Crippen LogP contribution in [0.2, 0.25) is 0 Å². The Balaban J connectivity index is 2.14. The summed E-state index contributed by atoms with van der Waals surface area (Å²) in [6.45, 7) is 5.51. The zero-order valence-electron chi connectivity index (χ0n) is 10.4. The molecule has 94 valence electrons. The number of rotatable bonds is 6. The minimum atomic E-state index is 0.114. The third kappa shape index (κ3) is 4.49. The summed E-state index contributed by atoms with van der Waals surface area (Å²) >= 11 is 0. The maximum absolute atomic E-state index is 11.6. The van der Waals surface area contributed by atoms with Crippen molar-refractivity contribution in [3.63, 3.8) is 0 Å². The molecule has 3 unspecified atom stereocenters. The molecule has 0 spiro atoms. The van der Waals surface area contributed by atoms with Gasteiger partial charge in [-0.15, -0.1) is 0 Å². The van der Waals surface area contributed by atoms with Gasteiger partial charge in [0.15, 0.2) is 0 Å². The predicted molar refractivity (Wildman–Crippen MR) is 64.0 cm³/mol. The first-order valence-electron chi connectivity index (χ1n) is 6.24. The predicted octanol–water partition coefficient (Wildman–Crippen LogP) is 1.05. The van der Waals surface area contributed by atoms with Crippen molar-refractivity contribution in [2.75, 3.05) is 13.2 Å². The van der Waals surface area contributed by atoms with Gasteiger partial charge in [0.1, 0.15) is 0 Å². The van der Waals surface area contributed by atoms with Crippen molar-refractivity contribution in [2.45, 2.75) is 51.7 Å². The second-order valence-electron chi connectivity index (χ2n) is 4.74. The Bertz CT molecular complexity index is 215. The summed E-state index contributed by atoms with van der Waals surface area (Å²) in [4.78, 5) is 11.6. The van der Waals surface area contributed by atoms with Gasteiger partial charge >= 0.3 is 0 Å². The summed E-state index contributed by atoms with van der Waals surface area (Å²) < 4.78 is 5.48. The van der Waals surface area contributed by atoms with Crippen molar-refractivity contribution in [2.24, 2.45) is 11.7 Å². The zero-order chi connectivity index (χ0) is 12.0. The van der Waals surface area contributed by atoms with Gasteiger partial charge in [-0.3, -0.25) is 4.79 Å². The summed E-state index contributed by atoms with van der Waals surface area (Å²) in [6, 6.07) is 0.155. The van der Waals surface area contributed by atoms with E-state index in [4.69, 9.17) is 10.5 Å². The molecule has 4 heteroatoms. The van der Waals surface area contributed by atoms with Crippen molar-refractivity contribution in [3.8, 4) is 0 Å². The molecule has 0 bridgehead atoms. The normalized spacial score (nSPS) is 24.1. The maximum Gasteiger partial charge on any atom is 0.220 e. The third-order valence-corrected chi connectivity index (χ3v) is 3.33. The van der Waals surface area contributed by atoms with Crippen molar-refractivity contribution in [1.29, 1.82) is 0 Å². The van der Waals surface area contributed by atoms with Crippen LogP contribution in [0.15, 0.2) is 0 Å². The Morgan fingerprint density at radius 1 is 1.56 bits per heavy atom. The Labute approximate surface area is 97.9 Å². The van der Waals surface area contributed by atoms with Crippen molar-refractivity contribution in [3.05, 3.63) is 0 Å². The molecule has 0 aromatic heterocycles. The summed E-state index contributed by atoms with van der Waals surface area (Å²) in [5.74, 6) is 0.440. The van der Waals surface area contributed by atoms with E-state index in [-0.39, 0.29) is 11.9 Å². The summed E-state index contributed by atoms with van der Waals surface area (Å²) in [5, 5.41) is 2.98. The number of hydrogen-bond donors (Lipinski definition) is 2. The number of nitrogens with one attached hydrogen (secondary N) is 1. The van der Waals surface area contributed by atoms with Gasteiger partial charge < -0.3 is 15.8 Å². The van der Waals surface area contributed by atoms with Crippen LogP contribution in [-0.4, -0.2) is 31.2 Å². The Hall–Kier alpha value is -0.610. The van der Waals surface area contributed by atoms with Gasteiger partial charge in [-0.05, 0) is 38.6 Å². The van der Waals surface area contributed by atoms with E-state index in [1.165, 1.54) is 0 Å². The molecule has 1 heterocycles. The average Bonchev–Trinajstić information content (AvgIpc) is 2.78. The van der Waals surface area contributed by atoms with Crippen LogP contribution < -0.4 is 11.1 Å². The molecule has 0 saturated carbocycles. The molecule has 1 aliphatic heterocycles. The second kappa shape index (κ2) is 6.86. The molecule has 16 heavy (non-hydrogen) atoms. The van der Waals surface area contributed by atoms with E-state index < -0.39 is 0 Å². The van der Waals surface area contributed by atoms with Gasteiger partial charge in [0.25, 0.3) is 0 Å². The van der Waals surface area contributed by atoms with E-state index >= 15 is 0 Å². The van der Waals surface area contributed by atoms with Gasteiger partial charge in [-0.2, -0.15) is 0 Å². The zero-order valence-corrected chi connectivity index (χ0v) is 10.4. The highest BCUT2D eigenvalue weighted by Crippen LogP contribution is 2.16. The SMILES string of the molecule is CC(CN)C(C)NC(=O)CCC1CCCO1. The van der Waals surface area contributed by atoms with Gasteiger partial charge in [-0.1, -0.05) is 6.92 Å². The highest BCUT2D eigenvalue weighted by molar-refractivity contribution is 5.76. The monoisotopic (exact) mass is 228 g/mol. The molecule has 1 aliphatic rings. The molecule has 3 N–H and O–H groups in total. The second-order valence-corrected chi connectivity index (χ2v) is 4.74. The molecule has 1 amide bonds. The Morgan fingerprint density at radius 2 is 2.31 bits per heavy atom. The summed E-state index contributed by atoms with van der Waals surface area (Å²) in [5.41, 5.74) is 5.55. The minimum absolute atomic E-state index is 0.114. The first-order valence-corrected chi connectivity index (χ1v) is 6.24. The van der Waals surface area contributed by atoms with Crippen LogP contribution in [-0.2, 0) is 9.53 Å². The minimum Gasteiger partial charge on any atom is -0.378 e. The van der Waals surface area contributed by atoms with Gasteiger partial charge in [0, 0.05) is 19.1 Å². The molecule has 0 radical (unpaired) electrons. The van der Waals surface area contributed by atoms with Crippen LogP contribution in [0.5, 0.6) is 0 Å². The van der Waals surface area contributed by atoms with Gasteiger partial charge in [0.2, 0.25) is 5.91 Å². The topological polar surface area (TPSA) is 64.3 Å². The van der Waals surface area contributed by atoms with Crippen LogP contribution in [0.4, 0.5) is 0 Å². The Kier molecular flexibility index (Phi) is 5.77. The van der Waals surface area contributed by atoms with Crippen LogP contribution in [0, 0.1) is 5.92 Å². The van der Waals surface area contributed by atoms with Crippen molar-refractivity contribution in [1.82, 2.24) is 5.32 Å². The van der Waals surface area contributed by atoms with Crippen LogP contribution in [0.1, 0.15) is 39.5 Å². The number of amides is 1. The lowest BCUT2D eigenvalue weighted by atomic mass is 10.0. The highest BCUT2D eigenvalue weighted by atomic mass is 16.5. The van der Waals surface area contributed by atoms with E-state index in [0.717, 1.165) is 25.9 Å². The largest absolute Gasteiger partial charge is 0.378 e. The fourth-order valence-corrected chi connectivity index (χ4v) is 1.84. The number of nitrogens with two attached hydrogens (primary N) is 1. The number of carbonyl (C=O) groups is 1. The first-order chi connectivity index (χ1) is 7.63. The fourth-order valence-electron chi connectivity index (χ4n) is 1.84. The standard InChI is InChI=1S/C12H24N2O2/c1-9(8-13)10(2)14-12(15)6-5-11-4-3-7-16-11/h9-11H,3-8,13H2,1-2H3,(H,14,15). The average molecular weight is 228 g/mol. The molecule has 0 aromatic carbocycles. The quantitative estimate of drug-likeness (QED) is 0.714. The molecule has 4 nitrogen and oxygen atoms in total. The Morgan fingerprint density at radius 3 is 2.88 bits per heavy atom. The molecule has 0 aliphatic carbocycles. The van der Waals surface area contributed by atoms with Crippen LogP contribution in [0.3, 0.4) is 0 Å². The summed E-state index contributed by atoms with van der Waals surface area (Å²) in [6.07, 6.45) is 3.93. The third-order valence-electron chi connectivity index (χ3n) is 3.33. The first kappa shape index (κ1) is 13.5. The lowest BCUT2D eigenvalue weighted by Gasteiger charge is -2.20. The van der Waals surface area contributed by atoms with Crippen molar-refractivity contribution < 1.29 is 9.53 Å². The molecule has 1 fully saturated rings.